The number of hydrogen-bond donors (Lipinski definition) is 0. The third-order valence-electron chi connectivity index (χ3n) is 2.17. The summed E-state index contributed by atoms with van der Waals surface area (Å²) in [6.07, 6.45) is 2.78. The minimum Gasteiger partial charge on any atom is -0.345 e. The molecule has 2 nitrogen and oxygen atoms in total. The highest BCUT2D eigenvalue weighted by molar-refractivity contribution is 5.75. The van der Waals surface area contributed by atoms with Gasteiger partial charge in [0.25, 0.3) is 0 Å². The first-order valence-corrected chi connectivity index (χ1v) is 4.85. The molecule has 0 heterocycles. The van der Waals surface area contributed by atoms with Gasteiger partial charge in [0.1, 0.15) is 0 Å². The molecule has 0 bridgehead atoms. The van der Waals surface area contributed by atoms with E-state index < -0.39 is 0 Å². The van der Waals surface area contributed by atoms with Crippen molar-refractivity contribution >= 4 is 5.91 Å². The highest BCUT2D eigenvalue weighted by Gasteiger charge is 2.09. The predicted molar refractivity (Wildman–Crippen MR) is 52.0 cm³/mol. The lowest BCUT2D eigenvalue weighted by atomic mass is 10.1. The molecule has 0 spiro atoms. The Balaban J connectivity index is 3.70. The highest BCUT2D eigenvalue weighted by atomic mass is 16.2. The second-order valence-corrected chi connectivity index (χ2v) is 3.54. The molecular formula is C10H21NO. The number of carbonyl (C=O) groups is 1. The van der Waals surface area contributed by atoms with Crippen molar-refractivity contribution in [2.75, 3.05) is 13.6 Å². The van der Waals surface area contributed by atoms with E-state index in [4.69, 9.17) is 0 Å². The number of hydrogen-bond acceptors (Lipinski definition) is 1. The quantitative estimate of drug-likeness (QED) is 0.621. The molecule has 0 aliphatic rings. The van der Waals surface area contributed by atoms with Crippen LogP contribution >= 0.6 is 0 Å². The molecule has 0 radical (unpaired) electrons. The molecule has 0 rings (SSSR count). The Hall–Kier alpha value is -0.530. The van der Waals surface area contributed by atoms with Gasteiger partial charge in [0.2, 0.25) is 5.91 Å². The molecule has 1 amide bonds. The predicted octanol–water partition coefficient (Wildman–Crippen LogP) is 2.29. The molecule has 1 atom stereocenters. The van der Waals surface area contributed by atoms with E-state index in [2.05, 4.69) is 13.8 Å². The lowest BCUT2D eigenvalue weighted by Gasteiger charge is -2.20. The van der Waals surface area contributed by atoms with E-state index in [1.165, 1.54) is 0 Å². The second kappa shape index (κ2) is 6.04. The van der Waals surface area contributed by atoms with Gasteiger partial charge in [0, 0.05) is 20.0 Å². The number of nitrogens with zero attached hydrogens (tertiary/aromatic N) is 1. The Labute approximate surface area is 75.9 Å². The van der Waals surface area contributed by atoms with Crippen LogP contribution in [0, 0.1) is 5.92 Å². The lowest BCUT2D eigenvalue weighted by molar-refractivity contribution is -0.130. The minimum atomic E-state index is 0.276. The lowest BCUT2D eigenvalue weighted by Crippen LogP contribution is -2.30. The van der Waals surface area contributed by atoms with E-state index >= 15 is 0 Å². The summed E-state index contributed by atoms with van der Waals surface area (Å²) in [5.74, 6) is 0.897. The van der Waals surface area contributed by atoms with Crippen LogP contribution in [0.1, 0.15) is 40.0 Å². The number of rotatable bonds is 5. The summed E-state index contributed by atoms with van der Waals surface area (Å²) in [7, 11) is 1.89. The maximum atomic E-state index is 11.3. The molecule has 12 heavy (non-hydrogen) atoms. The molecule has 0 aliphatic carbocycles. The van der Waals surface area contributed by atoms with E-state index in [1.54, 1.807) is 0 Å². The molecular weight excluding hydrogens is 150 g/mol. The Kier molecular flexibility index (Phi) is 5.77. The van der Waals surface area contributed by atoms with Crippen molar-refractivity contribution in [3.8, 4) is 0 Å². The van der Waals surface area contributed by atoms with Crippen LogP contribution in [0.2, 0.25) is 0 Å². The molecule has 0 unspecified atom stereocenters. The van der Waals surface area contributed by atoms with Gasteiger partial charge in [-0.2, -0.15) is 0 Å². The standard InChI is InChI=1S/C10H21NO/c1-5-7-10(12)11(4)8-9(3)6-2/h9H,5-8H2,1-4H3/t9-/m0/s1. The molecule has 0 N–H and O–H groups in total. The van der Waals surface area contributed by atoms with Gasteiger partial charge in [-0.05, 0) is 12.3 Å². The maximum absolute atomic E-state index is 11.3. The average Bonchev–Trinajstić information content (AvgIpc) is 2.04. The SMILES string of the molecule is CCCC(=O)N(C)C[C@@H](C)CC. The fourth-order valence-electron chi connectivity index (χ4n) is 1.10. The first-order valence-electron chi connectivity index (χ1n) is 4.85. The summed E-state index contributed by atoms with van der Waals surface area (Å²) in [5.41, 5.74) is 0. The molecule has 0 aromatic carbocycles. The van der Waals surface area contributed by atoms with Gasteiger partial charge in [-0.3, -0.25) is 4.79 Å². The summed E-state index contributed by atoms with van der Waals surface area (Å²) in [6, 6.07) is 0. The first-order chi connectivity index (χ1) is 5.61. The Morgan fingerprint density at radius 1 is 1.42 bits per heavy atom. The first kappa shape index (κ1) is 11.5. The minimum absolute atomic E-state index is 0.276. The van der Waals surface area contributed by atoms with Crippen molar-refractivity contribution in [3.63, 3.8) is 0 Å². The smallest absolute Gasteiger partial charge is 0.222 e. The van der Waals surface area contributed by atoms with Gasteiger partial charge < -0.3 is 4.90 Å². The van der Waals surface area contributed by atoms with Gasteiger partial charge in [-0.1, -0.05) is 27.2 Å². The van der Waals surface area contributed by atoms with E-state index in [-0.39, 0.29) is 5.91 Å². The van der Waals surface area contributed by atoms with Gasteiger partial charge in [-0.15, -0.1) is 0 Å². The third-order valence-corrected chi connectivity index (χ3v) is 2.17. The Bertz CT molecular complexity index is 134. The molecule has 2 heteroatoms. The molecule has 0 aromatic heterocycles. The van der Waals surface area contributed by atoms with Crippen LogP contribution in [0.4, 0.5) is 0 Å². The molecule has 0 aliphatic heterocycles. The zero-order chi connectivity index (χ0) is 9.56. The van der Waals surface area contributed by atoms with Crippen molar-refractivity contribution in [2.45, 2.75) is 40.0 Å². The third kappa shape index (κ3) is 4.37. The van der Waals surface area contributed by atoms with Crippen LogP contribution in [0.5, 0.6) is 0 Å². The van der Waals surface area contributed by atoms with E-state index in [0.29, 0.717) is 12.3 Å². The van der Waals surface area contributed by atoms with Crippen LogP contribution in [0.15, 0.2) is 0 Å². The van der Waals surface area contributed by atoms with Crippen LogP contribution in [0.25, 0.3) is 0 Å². The van der Waals surface area contributed by atoms with Crippen molar-refractivity contribution in [1.82, 2.24) is 4.90 Å². The normalized spacial score (nSPS) is 12.7. The number of amides is 1. The molecule has 0 aromatic rings. The van der Waals surface area contributed by atoms with Gasteiger partial charge in [0.05, 0.1) is 0 Å². The summed E-state index contributed by atoms with van der Waals surface area (Å²) in [5, 5.41) is 0. The van der Waals surface area contributed by atoms with E-state index in [9.17, 15) is 4.79 Å². The Morgan fingerprint density at radius 2 is 2.00 bits per heavy atom. The maximum Gasteiger partial charge on any atom is 0.222 e. The summed E-state index contributed by atoms with van der Waals surface area (Å²) in [4.78, 5) is 13.2. The fourth-order valence-corrected chi connectivity index (χ4v) is 1.10. The summed E-state index contributed by atoms with van der Waals surface area (Å²) < 4.78 is 0. The number of carbonyl (C=O) groups excluding carboxylic acids is 1. The van der Waals surface area contributed by atoms with E-state index in [0.717, 1.165) is 19.4 Å². The topological polar surface area (TPSA) is 20.3 Å². The van der Waals surface area contributed by atoms with Crippen LogP contribution in [0.3, 0.4) is 0 Å². The fraction of sp³-hybridized carbons (Fsp3) is 0.900. The van der Waals surface area contributed by atoms with E-state index in [1.807, 2.05) is 18.9 Å². The van der Waals surface area contributed by atoms with Crippen molar-refractivity contribution in [1.29, 1.82) is 0 Å². The van der Waals surface area contributed by atoms with Gasteiger partial charge >= 0.3 is 0 Å². The van der Waals surface area contributed by atoms with Crippen LogP contribution < -0.4 is 0 Å². The largest absolute Gasteiger partial charge is 0.345 e. The zero-order valence-electron chi connectivity index (χ0n) is 8.76. The average molecular weight is 171 g/mol. The molecule has 72 valence electrons. The highest BCUT2D eigenvalue weighted by Crippen LogP contribution is 2.04. The van der Waals surface area contributed by atoms with Crippen LogP contribution in [-0.4, -0.2) is 24.4 Å². The van der Waals surface area contributed by atoms with Gasteiger partial charge in [0.15, 0.2) is 0 Å². The van der Waals surface area contributed by atoms with Crippen molar-refractivity contribution in [3.05, 3.63) is 0 Å². The second-order valence-electron chi connectivity index (χ2n) is 3.54. The Morgan fingerprint density at radius 3 is 2.42 bits per heavy atom. The van der Waals surface area contributed by atoms with Gasteiger partial charge in [-0.25, -0.2) is 0 Å². The van der Waals surface area contributed by atoms with Crippen molar-refractivity contribution in [2.24, 2.45) is 5.92 Å². The molecule has 0 fully saturated rings. The summed E-state index contributed by atoms with van der Waals surface area (Å²) >= 11 is 0. The zero-order valence-corrected chi connectivity index (χ0v) is 8.76. The summed E-state index contributed by atoms with van der Waals surface area (Å²) in [6.45, 7) is 7.27. The van der Waals surface area contributed by atoms with Crippen LogP contribution in [-0.2, 0) is 4.79 Å². The monoisotopic (exact) mass is 171 g/mol. The molecule has 0 saturated carbocycles. The van der Waals surface area contributed by atoms with Crippen molar-refractivity contribution < 1.29 is 4.79 Å². The molecule has 0 saturated heterocycles.